The zero-order valence-electron chi connectivity index (χ0n) is 10.1. The highest BCUT2D eigenvalue weighted by molar-refractivity contribution is 5.49. The molecule has 3 N–H and O–H groups in total. The predicted octanol–water partition coefficient (Wildman–Crippen LogP) is 2.97. The molecule has 1 unspecified atom stereocenters. The number of rotatable bonds is 2. The van der Waals surface area contributed by atoms with Crippen LogP contribution in [0.2, 0.25) is 0 Å². The van der Waals surface area contributed by atoms with Crippen molar-refractivity contribution in [3.05, 3.63) is 64.7 Å². The van der Waals surface area contributed by atoms with Crippen LogP contribution in [0.1, 0.15) is 28.4 Å². The fourth-order valence-electron chi connectivity index (χ4n) is 1.81. The van der Waals surface area contributed by atoms with E-state index >= 15 is 0 Å². The zero-order valence-corrected chi connectivity index (χ0v) is 10.1. The van der Waals surface area contributed by atoms with Crippen molar-refractivity contribution in [1.82, 2.24) is 0 Å². The molecule has 2 aromatic rings. The van der Waals surface area contributed by atoms with Crippen LogP contribution in [0, 0.1) is 13.8 Å². The first-order valence-corrected chi connectivity index (χ1v) is 5.68. The molecule has 2 aromatic carbocycles. The van der Waals surface area contributed by atoms with E-state index in [-0.39, 0.29) is 0 Å². The topological polar surface area (TPSA) is 46.2 Å². The highest BCUT2D eigenvalue weighted by atomic mass is 16.3. The van der Waals surface area contributed by atoms with Gasteiger partial charge in [-0.1, -0.05) is 42.0 Å². The Kier molecular flexibility index (Phi) is 3.16. The summed E-state index contributed by atoms with van der Waals surface area (Å²) < 4.78 is 0. The average Bonchev–Trinajstić information content (AvgIpc) is 2.33. The molecule has 2 rings (SSSR count). The molecule has 0 aromatic heterocycles. The summed E-state index contributed by atoms with van der Waals surface area (Å²) >= 11 is 0. The highest BCUT2D eigenvalue weighted by Gasteiger charge is 2.10. The third kappa shape index (κ3) is 2.48. The molecule has 0 saturated heterocycles. The largest absolute Gasteiger partial charge is 0.399 e. The van der Waals surface area contributed by atoms with E-state index in [1.54, 1.807) is 0 Å². The lowest BCUT2D eigenvalue weighted by Crippen LogP contribution is -2.01. The van der Waals surface area contributed by atoms with E-state index in [9.17, 15) is 5.11 Å². The van der Waals surface area contributed by atoms with Crippen LogP contribution in [0.3, 0.4) is 0 Å². The Balaban J connectivity index is 2.33. The molecular formula is C15H17NO. The molecular weight excluding hydrogens is 210 g/mol. The van der Waals surface area contributed by atoms with Crippen LogP contribution < -0.4 is 5.73 Å². The van der Waals surface area contributed by atoms with Crippen LogP contribution >= 0.6 is 0 Å². The van der Waals surface area contributed by atoms with Gasteiger partial charge in [0.05, 0.1) is 0 Å². The minimum atomic E-state index is -0.588. The molecule has 1 atom stereocenters. The summed E-state index contributed by atoms with van der Waals surface area (Å²) in [5.41, 5.74) is 10.5. The first-order valence-electron chi connectivity index (χ1n) is 5.68. The second kappa shape index (κ2) is 4.60. The van der Waals surface area contributed by atoms with E-state index < -0.39 is 6.10 Å². The molecule has 0 aliphatic rings. The number of nitrogen functional groups attached to an aromatic ring is 1. The fourth-order valence-corrected chi connectivity index (χ4v) is 1.81. The van der Waals surface area contributed by atoms with Crippen molar-refractivity contribution in [2.24, 2.45) is 0 Å². The monoisotopic (exact) mass is 227 g/mol. The second-order valence-corrected chi connectivity index (χ2v) is 4.43. The Morgan fingerprint density at radius 3 is 2.12 bits per heavy atom. The molecule has 0 aliphatic carbocycles. The van der Waals surface area contributed by atoms with Crippen LogP contribution in [-0.2, 0) is 0 Å². The number of nitrogens with two attached hydrogens (primary N) is 1. The second-order valence-electron chi connectivity index (χ2n) is 4.43. The number of hydrogen-bond acceptors (Lipinski definition) is 2. The van der Waals surface area contributed by atoms with E-state index in [4.69, 9.17) is 5.73 Å². The van der Waals surface area contributed by atoms with Gasteiger partial charge in [-0.2, -0.15) is 0 Å². The van der Waals surface area contributed by atoms with Crippen LogP contribution in [-0.4, -0.2) is 5.11 Å². The van der Waals surface area contributed by atoms with Crippen LogP contribution in [0.4, 0.5) is 5.69 Å². The molecule has 0 bridgehead atoms. The van der Waals surface area contributed by atoms with E-state index in [1.165, 1.54) is 5.56 Å². The molecule has 17 heavy (non-hydrogen) atoms. The molecule has 0 radical (unpaired) electrons. The van der Waals surface area contributed by atoms with Gasteiger partial charge >= 0.3 is 0 Å². The third-order valence-electron chi connectivity index (χ3n) is 3.00. The molecule has 0 saturated carbocycles. The maximum absolute atomic E-state index is 10.3. The highest BCUT2D eigenvalue weighted by Crippen LogP contribution is 2.24. The first kappa shape index (κ1) is 11.7. The zero-order chi connectivity index (χ0) is 12.4. The normalized spacial score (nSPS) is 12.4. The van der Waals surface area contributed by atoms with Crippen molar-refractivity contribution in [2.45, 2.75) is 20.0 Å². The minimum Gasteiger partial charge on any atom is -0.399 e. The summed E-state index contributed by atoms with van der Waals surface area (Å²) in [5, 5.41) is 10.3. The van der Waals surface area contributed by atoms with E-state index in [2.05, 4.69) is 0 Å². The van der Waals surface area contributed by atoms with Gasteiger partial charge in [0.25, 0.3) is 0 Å². The molecule has 0 amide bonds. The van der Waals surface area contributed by atoms with Crippen LogP contribution in [0.5, 0.6) is 0 Å². The lowest BCUT2D eigenvalue weighted by Gasteiger charge is -2.13. The van der Waals surface area contributed by atoms with Crippen molar-refractivity contribution in [1.29, 1.82) is 0 Å². The Morgan fingerprint density at radius 1 is 0.941 bits per heavy atom. The number of aliphatic hydroxyl groups is 1. The van der Waals surface area contributed by atoms with Gasteiger partial charge in [0.2, 0.25) is 0 Å². The molecule has 2 nitrogen and oxygen atoms in total. The van der Waals surface area contributed by atoms with Gasteiger partial charge in [-0.25, -0.2) is 0 Å². The van der Waals surface area contributed by atoms with Gasteiger partial charge in [0, 0.05) is 5.69 Å². The molecule has 88 valence electrons. The summed E-state index contributed by atoms with van der Waals surface area (Å²) in [6.07, 6.45) is -0.588. The van der Waals surface area contributed by atoms with Crippen molar-refractivity contribution in [3.63, 3.8) is 0 Å². The van der Waals surface area contributed by atoms with Gasteiger partial charge in [0.15, 0.2) is 0 Å². The summed E-state index contributed by atoms with van der Waals surface area (Å²) in [4.78, 5) is 0. The standard InChI is InChI=1S/C15H17NO/c1-10-3-5-12(6-4-10)15(17)13-7-8-14(16)11(2)9-13/h3-9,15,17H,16H2,1-2H3. The number of aryl methyl sites for hydroxylation is 2. The van der Waals surface area contributed by atoms with Crippen molar-refractivity contribution in [3.8, 4) is 0 Å². The fraction of sp³-hybridized carbons (Fsp3) is 0.200. The molecule has 0 aliphatic heterocycles. The van der Waals surface area contributed by atoms with Gasteiger partial charge in [-0.15, -0.1) is 0 Å². The molecule has 0 spiro atoms. The predicted molar refractivity (Wildman–Crippen MR) is 70.8 cm³/mol. The third-order valence-corrected chi connectivity index (χ3v) is 3.00. The quantitative estimate of drug-likeness (QED) is 0.775. The maximum atomic E-state index is 10.3. The number of hydrogen-bond donors (Lipinski definition) is 2. The summed E-state index contributed by atoms with van der Waals surface area (Å²) in [6.45, 7) is 3.98. The Morgan fingerprint density at radius 2 is 1.53 bits per heavy atom. The van der Waals surface area contributed by atoms with E-state index in [1.807, 2.05) is 56.3 Å². The Labute approximate surface area is 102 Å². The van der Waals surface area contributed by atoms with Crippen LogP contribution in [0.25, 0.3) is 0 Å². The average molecular weight is 227 g/mol. The van der Waals surface area contributed by atoms with Crippen LogP contribution in [0.15, 0.2) is 42.5 Å². The lowest BCUT2D eigenvalue weighted by molar-refractivity contribution is 0.220. The van der Waals surface area contributed by atoms with Crippen molar-refractivity contribution in [2.75, 3.05) is 5.73 Å². The maximum Gasteiger partial charge on any atom is 0.104 e. The number of benzene rings is 2. The first-order chi connectivity index (χ1) is 8.08. The molecule has 0 fully saturated rings. The number of anilines is 1. The molecule has 2 heteroatoms. The number of aliphatic hydroxyl groups excluding tert-OH is 1. The summed E-state index contributed by atoms with van der Waals surface area (Å²) in [5.74, 6) is 0. The van der Waals surface area contributed by atoms with E-state index in [0.717, 1.165) is 22.4 Å². The summed E-state index contributed by atoms with van der Waals surface area (Å²) in [7, 11) is 0. The smallest absolute Gasteiger partial charge is 0.104 e. The van der Waals surface area contributed by atoms with Gasteiger partial charge in [0.1, 0.15) is 6.10 Å². The lowest BCUT2D eigenvalue weighted by atomic mass is 9.98. The minimum absolute atomic E-state index is 0.588. The van der Waals surface area contributed by atoms with Crippen molar-refractivity contribution >= 4 is 5.69 Å². The Bertz CT molecular complexity index is 517. The van der Waals surface area contributed by atoms with Crippen molar-refractivity contribution < 1.29 is 5.11 Å². The van der Waals surface area contributed by atoms with Gasteiger partial charge < -0.3 is 10.8 Å². The SMILES string of the molecule is Cc1ccc(C(O)c2ccc(N)c(C)c2)cc1. The Hall–Kier alpha value is -1.80. The van der Waals surface area contributed by atoms with Gasteiger partial charge in [-0.05, 0) is 36.6 Å². The van der Waals surface area contributed by atoms with Gasteiger partial charge in [-0.3, -0.25) is 0 Å². The molecule has 0 heterocycles. The summed E-state index contributed by atoms with van der Waals surface area (Å²) in [6, 6.07) is 13.5. The van der Waals surface area contributed by atoms with E-state index in [0.29, 0.717) is 0 Å².